The predicted molar refractivity (Wildman–Crippen MR) is 207 cm³/mol. The molecule has 0 spiro atoms. The van der Waals surface area contributed by atoms with E-state index in [1.807, 2.05) is 19.1 Å². The molecule has 1 amide bonds. The summed E-state index contributed by atoms with van der Waals surface area (Å²) < 4.78 is 7.37. The molecule has 8 N–H and O–H groups in total. The zero-order chi connectivity index (χ0) is 39.2. The first-order valence-electron chi connectivity index (χ1n) is 18.4. The van der Waals surface area contributed by atoms with Crippen LogP contribution in [-0.4, -0.2) is 96.1 Å². The number of pyridine rings is 1. The molecule has 4 aliphatic rings. The molecule has 2 fully saturated rings. The lowest BCUT2D eigenvalue weighted by Crippen LogP contribution is -2.62. The number of allylic oxidation sites excluding steroid dienone is 1. The number of ether oxygens (including phenoxy) is 1. The molecule has 5 heterocycles. The summed E-state index contributed by atoms with van der Waals surface area (Å²) in [5.41, 5.74) is 5.51. The first kappa shape index (κ1) is 37.8. The molecule has 3 aromatic heterocycles. The molecule has 5 unspecified atom stereocenters. The molecule has 0 bridgehead atoms. The van der Waals surface area contributed by atoms with Crippen LogP contribution >= 0.6 is 0 Å². The van der Waals surface area contributed by atoms with Gasteiger partial charge in [0.05, 0.1) is 36.9 Å². The van der Waals surface area contributed by atoms with Crippen molar-refractivity contribution in [1.29, 1.82) is 0 Å². The van der Waals surface area contributed by atoms with E-state index in [0.717, 1.165) is 5.57 Å². The molecule has 0 aromatic carbocycles. The number of nitrogens with one attached hydrogen (secondary N) is 4. The quantitative estimate of drug-likeness (QED) is 0.115. The molecule has 3 aromatic rings. The largest absolute Gasteiger partial charge is 0.423 e. The van der Waals surface area contributed by atoms with Gasteiger partial charge >= 0.3 is 5.97 Å². The van der Waals surface area contributed by atoms with E-state index < -0.39 is 40.5 Å². The molecule has 8 atom stereocenters. The van der Waals surface area contributed by atoms with Gasteiger partial charge in [-0.05, 0) is 68.1 Å². The number of amides is 1. The number of fused-ring (bicyclic) bond motifs is 2. The van der Waals surface area contributed by atoms with Crippen LogP contribution in [0.25, 0.3) is 17.2 Å². The third kappa shape index (κ3) is 6.98. The second kappa shape index (κ2) is 14.6. The standard InChI is InChI=1S/C38H47N11O6/c1-19-23(37(3)10-9-27(51)38(4,18-50)26(37)17-24(19)43-20(2)32(52)48-36-41-12-13-42-36)16-25(44-28-8-6-7-11-40-28)22-14-21(55-34(22)54)15-29-45-30-31(49(29)5)46-35(39)47-33(30)53/h6-8,11-12,14-15,20,23-27,43,50-51H,1,9-10,13,16-18H2,2-5H3,(H,40,44)(H,42,48,52)(H3,39,46,47,53)/b21-15+/t20?,23?,24?,25?,26?,27-,37-,38+/m1/s1. The minimum atomic E-state index is -0.844. The summed E-state index contributed by atoms with van der Waals surface area (Å²) in [7, 11) is 1.68. The number of rotatable bonds is 10. The maximum Gasteiger partial charge on any atom is 0.341 e. The minimum absolute atomic E-state index is 0.0476. The number of nitrogen functional groups attached to an aromatic ring is 1. The van der Waals surface area contributed by atoms with Crippen LogP contribution in [0.15, 0.2) is 68.7 Å². The number of carbonyl (C=O) groups is 2. The highest BCUT2D eigenvalue weighted by molar-refractivity contribution is 6.04. The number of imidazole rings is 1. The number of nitrogens with zero attached hydrogens (tertiary/aromatic N) is 6. The third-order valence-corrected chi connectivity index (χ3v) is 12.1. The SMILES string of the molecule is C=C1C(NC(C)C(=O)NC2=NCC=N2)CC2[C@](C)(CC[C@@H](O)[C@@]2(C)CO)C1CC(Nc1ccccn1)C1=C/C(=C\c2nc3c(=O)[nH]c(N)nc3n2C)OC1=O. The number of guanidine groups is 1. The average Bonchev–Trinajstić information content (AvgIpc) is 3.89. The van der Waals surface area contributed by atoms with Crippen molar-refractivity contribution in [1.82, 2.24) is 35.1 Å². The number of aryl methyl sites for hydroxylation is 1. The van der Waals surface area contributed by atoms with Crippen LogP contribution in [0.4, 0.5) is 11.8 Å². The predicted octanol–water partition coefficient (Wildman–Crippen LogP) is 1.58. The van der Waals surface area contributed by atoms with Crippen molar-refractivity contribution in [3.05, 3.63) is 70.1 Å². The highest BCUT2D eigenvalue weighted by Crippen LogP contribution is 2.62. The van der Waals surface area contributed by atoms with Crippen molar-refractivity contribution in [3.8, 4) is 0 Å². The van der Waals surface area contributed by atoms with Gasteiger partial charge in [-0.2, -0.15) is 4.98 Å². The first-order valence-corrected chi connectivity index (χ1v) is 18.4. The van der Waals surface area contributed by atoms with E-state index in [-0.39, 0.29) is 59.2 Å². The molecular weight excluding hydrogens is 706 g/mol. The maximum atomic E-state index is 13.8. The van der Waals surface area contributed by atoms with Crippen molar-refractivity contribution in [2.75, 3.05) is 24.2 Å². The molecule has 2 saturated carbocycles. The fourth-order valence-corrected chi connectivity index (χ4v) is 8.93. The van der Waals surface area contributed by atoms with Crippen LogP contribution in [0.3, 0.4) is 0 Å². The van der Waals surface area contributed by atoms with Crippen LogP contribution < -0.4 is 27.2 Å². The fraction of sp³-hybridized carbons (Fsp3) is 0.474. The highest BCUT2D eigenvalue weighted by atomic mass is 16.5. The Morgan fingerprint density at radius 3 is 2.78 bits per heavy atom. The minimum Gasteiger partial charge on any atom is -0.423 e. The molecule has 55 heavy (non-hydrogen) atoms. The van der Waals surface area contributed by atoms with Gasteiger partial charge < -0.3 is 30.6 Å². The van der Waals surface area contributed by atoms with E-state index in [2.05, 4.69) is 59.4 Å². The van der Waals surface area contributed by atoms with E-state index in [4.69, 9.17) is 10.5 Å². The summed E-state index contributed by atoms with van der Waals surface area (Å²) >= 11 is 0. The van der Waals surface area contributed by atoms with E-state index in [1.165, 1.54) is 0 Å². The van der Waals surface area contributed by atoms with Crippen molar-refractivity contribution < 1.29 is 24.5 Å². The molecule has 17 nitrogen and oxygen atoms in total. The Morgan fingerprint density at radius 2 is 2.07 bits per heavy atom. The topological polar surface area (TPSA) is 247 Å². The highest BCUT2D eigenvalue weighted by Gasteiger charge is 2.60. The van der Waals surface area contributed by atoms with E-state index in [0.29, 0.717) is 49.4 Å². The molecule has 290 valence electrons. The zero-order valence-corrected chi connectivity index (χ0v) is 31.2. The number of aliphatic hydroxyl groups is 2. The number of aromatic amines is 1. The molecule has 0 saturated heterocycles. The fourth-order valence-electron chi connectivity index (χ4n) is 8.93. The molecule has 2 aliphatic carbocycles. The number of H-pyrrole nitrogens is 1. The van der Waals surface area contributed by atoms with Crippen molar-refractivity contribution in [2.24, 2.45) is 39.7 Å². The van der Waals surface area contributed by atoms with Crippen LogP contribution in [0.2, 0.25) is 0 Å². The van der Waals surface area contributed by atoms with E-state index >= 15 is 0 Å². The first-order chi connectivity index (χ1) is 26.2. The number of cyclic esters (lactones) is 1. The second-order valence-electron chi connectivity index (χ2n) is 15.4. The lowest BCUT2D eigenvalue weighted by atomic mass is 9.45. The Balaban J connectivity index is 1.25. The second-order valence-corrected chi connectivity index (χ2v) is 15.4. The molecule has 0 radical (unpaired) electrons. The van der Waals surface area contributed by atoms with E-state index in [1.54, 1.807) is 49.2 Å². The Kier molecular flexibility index (Phi) is 10.0. The summed E-state index contributed by atoms with van der Waals surface area (Å²) in [5.74, 6) is -0.0508. The van der Waals surface area contributed by atoms with Crippen LogP contribution in [0.1, 0.15) is 52.3 Å². The average molecular weight is 754 g/mol. The third-order valence-electron chi connectivity index (χ3n) is 12.1. The van der Waals surface area contributed by atoms with Gasteiger partial charge in [0.25, 0.3) is 5.56 Å². The number of hydrogen-bond acceptors (Lipinski definition) is 14. The van der Waals surface area contributed by atoms with Crippen molar-refractivity contribution in [3.63, 3.8) is 0 Å². The van der Waals surface area contributed by atoms with Crippen molar-refractivity contribution >= 4 is 53.1 Å². The monoisotopic (exact) mass is 753 g/mol. The summed E-state index contributed by atoms with van der Waals surface area (Å²) in [6.07, 6.45) is 7.75. The molecular formula is C38H47N11O6. The van der Waals surface area contributed by atoms with Crippen LogP contribution in [0.5, 0.6) is 0 Å². The molecule has 2 aliphatic heterocycles. The molecule has 17 heteroatoms. The van der Waals surface area contributed by atoms with Crippen LogP contribution in [0, 0.1) is 22.7 Å². The Labute approximate surface area is 317 Å². The number of carbonyl (C=O) groups excluding carboxylic acids is 2. The summed E-state index contributed by atoms with van der Waals surface area (Å²) in [6, 6.07) is 3.77. The van der Waals surface area contributed by atoms with Gasteiger partial charge in [-0.3, -0.25) is 25.2 Å². The van der Waals surface area contributed by atoms with Gasteiger partial charge in [0.2, 0.25) is 17.8 Å². The lowest BCUT2D eigenvalue weighted by molar-refractivity contribution is -0.156. The normalized spacial score (nSPS) is 29.5. The van der Waals surface area contributed by atoms with Crippen molar-refractivity contribution in [2.45, 2.75) is 70.7 Å². The number of anilines is 2. The Morgan fingerprint density at radius 1 is 1.27 bits per heavy atom. The smallest absolute Gasteiger partial charge is 0.341 e. The number of hydrogen-bond donors (Lipinski definition) is 7. The van der Waals surface area contributed by atoms with Gasteiger partial charge in [0, 0.05) is 37.0 Å². The van der Waals surface area contributed by atoms with Gasteiger partial charge in [-0.1, -0.05) is 32.1 Å². The summed E-state index contributed by atoms with van der Waals surface area (Å²) in [4.78, 5) is 63.4. The number of nitrogens with two attached hydrogens (primary N) is 1. The number of aliphatic hydroxyl groups excluding tert-OH is 2. The van der Waals surface area contributed by atoms with Gasteiger partial charge in [-0.25, -0.2) is 24.7 Å². The number of esters is 1. The number of aliphatic imine (C=N–C) groups is 2. The zero-order valence-electron chi connectivity index (χ0n) is 31.2. The van der Waals surface area contributed by atoms with Gasteiger partial charge in [-0.15, -0.1) is 0 Å². The summed E-state index contributed by atoms with van der Waals surface area (Å²) in [5, 5.41) is 31.9. The number of aromatic nitrogens is 5. The van der Waals surface area contributed by atoms with Gasteiger partial charge in [0.15, 0.2) is 11.2 Å². The van der Waals surface area contributed by atoms with E-state index in [9.17, 15) is 24.6 Å². The maximum absolute atomic E-state index is 13.8. The molecule has 7 rings (SSSR count). The van der Waals surface area contributed by atoms with Crippen LogP contribution in [-0.2, 0) is 21.4 Å². The summed E-state index contributed by atoms with van der Waals surface area (Å²) in [6.45, 7) is 10.7. The Bertz CT molecular complexity index is 2210. The lowest BCUT2D eigenvalue weighted by Gasteiger charge is -2.62. The Hall–Kier alpha value is -5.52. The van der Waals surface area contributed by atoms with Gasteiger partial charge in [0.1, 0.15) is 17.4 Å².